The van der Waals surface area contributed by atoms with Crippen molar-refractivity contribution in [3.05, 3.63) is 117 Å². The van der Waals surface area contributed by atoms with E-state index in [1.165, 1.54) is 16.7 Å². The van der Waals surface area contributed by atoms with Crippen LogP contribution in [0.25, 0.3) is 39.6 Å². The molecule has 0 aliphatic heterocycles. The summed E-state index contributed by atoms with van der Waals surface area (Å²) in [5.41, 5.74) is 2.17. The van der Waals surface area contributed by atoms with Gasteiger partial charge in [-0.2, -0.15) is 0 Å². The van der Waals surface area contributed by atoms with Crippen molar-refractivity contribution in [2.45, 2.75) is 0 Å². The van der Waals surface area contributed by atoms with E-state index in [1.807, 2.05) is 42.5 Å². The highest BCUT2D eigenvalue weighted by Gasteiger charge is 2.15. The van der Waals surface area contributed by atoms with E-state index < -0.39 is 4.92 Å². The van der Waals surface area contributed by atoms with E-state index in [0.717, 1.165) is 16.5 Å². The quantitative estimate of drug-likeness (QED) is 0.231. The van der Waals surface area contributed by atoms with Crippen molar-refractivity contribution >= 4 is 39.6 Å². The van der Waals surface area contributed by atoms with Gasteiger partial charge < -0.3 is 0 Å². The minimum atomic E-state index is -0.484. The van der Waals surface area contributed by atoms with Crippen LogP contribution in [0, 0.1) is 10.1 Å². The van der Waals surface area contributed by atoms with Crippen LogP contribution in [0.5, 0.6) is 0 Å². The van der Waals surface area contributed by atoms with E-state index in [9.17, 15) is 14.9 Å². The van der Waals surface area contributed by atoms with Crippen molar-refractivity contribution in [1.29, 1.82) is 0 Å². The molecule has 0 unspecified atom stereocenters. The van der Waals surface area contributed by atoms with Crippen LogP contribution in [0.3, 0.4) is 0 Å². The molecule has 0 fully saturated rings. The summed E-state index contributed by atoms with van der Waals surface area (Å²) in [6, 6.07) is 22.7. The number of nitrogens with zero attached hydrogens (tertiary/aromatic N) is 4. The average molecular weight is 420 g/mol. The van der Waals surface area contributed by atoms with Gasteiger partial charge >= 0.3 is 0 Å². The number of hydrogen-bond acceptors (Lipinski definition) is 5. The van der Waals surface area contributed by atoms with Gasteiger partial charge in [0.05, 0.1) is 27.0 Å². The average Bonchev–Trinajstić information content (AvgIpc) is 2.83. The maximum atomic E-state index is 13.6. The molecule has 0 atom stereocenters. The molecule has 5 rings (SSSR count). The van der Waals surface area contributed by atoms with E-state index in [4.69, 9.17) is 4.98 Å². The highest BCUT2D eigenvalue weighted by Crippen LogP contribution is 2.23. The number of pyridine rings is 1. The normalized spacial score (nSPS) is 11.4. The van der Waals surface area contributed by atoms with Crippen LogP contribution in [0.4, 0.5) is 5.69 Å². The molecule has 2 aromatic heterocycles. The Morgan fingerprint density at radius 1 is 0.875 bits per heavy atom. The highest BCUT2D eigenvalue weighted by molar-refractivity contribution is 6.03. The SMILES string of the molecule is O=c1c2ccc3ncccc3c2nc(C=Cc2ccccc2)n1-c1cccc([N+](=O)[O-])c1. The Labute approximate surface area is 182 Å². The maximum Gasteiger partial charge on any atom is 0.271 e. The van der Waals surface area contributed by atoms with Crippen molar-refractivity contribution in [2.75, 3.05) is 0 Å². The van der Waals surface area contributed by atoms with Gasteiger partial charge in [-0.25, -0.2) is 4.98 Å². The van der Waals surface area contributed by atoms with Crippen molar-refractivity contribution in [2.24, 2.45) is 0 Å². The van der Waals surface area contributed by atoms with E-state index in [-0.39, 0.29) is 11.2 Å². The van der Waals surface area contributed by atoms with Crippen molar-refractivity contribution in [1.82, 2.24) is 14.5 Å². The Kier molecular flexibility index (Phi) is 4.76. The van der Waals surface area contributed by atoms with Gasteiger partial charge in [0.2, 0.25) is 0 Å². The van der Waals surface area contributed by atoms with Crippen LogP contribution in [0.2, 0.25) is 0 Å². The van der Waals surface area contributed by atoms with E-state index in [0.29, 0.717) is 22.4 Å². The molecular weight excluding hydrogens is 404 g/mol. The van der Waals surface area contributed by atoms with Gasteiger partial charge in [0.15, 0.2) is 0 Å². The van der Waals surface area contributed by atoms with Crippen LogP contribution in [-0.4, -0.2) is 19.5 Å². The molecule has 2 heterocycles. The Morgan fingerprint density at radius 2 is 1.72 bits per heavy atom. The smallest absolute Gasteiger partial charge is 0.268 e. The Hall–Kier alpha value is -4.65. The fourth-order valence-electron chi connectivity index (χ4n) is 3.66. The number of non-ortho nitro benzene ring substituents is 1. The minimum absolute atomic E-state index is 0.102. The second kappa shape index (κ2) is 7.88. The lowest BCUT2D eigenvalue weighted by Crippen LogP contribution is -2.22. The molecule has 0 amide bonds. The predicted octanol–water partition coefficient (Wildman–Crippen LogP) is 5.01. The van der Waals surface area contributed by atoms with E-state index in [1.54, 1.807) is 42.6 Å². The lowest BCUT2D eigenvalue weighted by molar-refractivity contribution is -0.384. The van der Waals surface area contributed by atoms with Crippen LogP contribution >= 0.6 is 0 Å². The van der Waals surface area contributed by atoms with Gasteiger partial charge in [-0.1, -0.05) is 42.5 Å². The van der Waals surface area contributed by atoms with Gasteiger partial charge in [-0.15, -0.1) is 0 Å². The molecule has 32 heavy (non-hydrogen) atoms. The van der Waals surface area contributed by atoms with Crippen LogP contribution in [0.1, 0.15) is 11.4 Å². The van der Waals surface area contributed by atoms with E-state index in [2.05, 4.69) is 4.98 Å². The number of nitro benzene ring substituents is 1. The summed E-state index contributed by atoms with van der Waals surface area (Å²) in [7, 11) is 0. The number of fused-ring (bicyclic) bond motifs is 3. The third-order valence-electron chi connectivity index (χ3n) is 5.17. The van der Waals surface area contributed by atoms with Gasteiger partial charge in [-0.05, 0) is 42.0 Å². The van der Waals surface area contributed by atoms with Crippen molar-refractivity contribution in [3.63, 3.8) is 0 Å². The molecule has 3 aromatic carbocycles. The van der Waals surface area contributed by atoms with Crippen LogP contribution in [0.15, 0.2) is 89.9 Å². The third-order valence-corrected chi connectivity index (χ3v) is 5.17. The van der Waals surface area contributed by atoms with E-state index >= 15 is 0 Å². The molecule has 0 radical (unpaired) electrons. The van der Waals surface area contributed by atoms with Crippen molar-refractivity contribution in [3.8, 4) is 5.69 Å². The molecule has 0 spiro atoms. The standard InChI is InChI=1S/C25H16N4O3/c30-25-21-12-13-22-20(10-5-15-26-22)24(21)27-23(14-11-17-6-2-1-3-7-17)28(25)18-8-4-9-19(16-18)29(31)32/h1-16H. The highest BCUT2D eigenvalue weighted by atomic mass is 16.6. The fourth-order valence-corrected chi connectivity index (χ4v) is 3.66. The topological polar surface area (TPSA) is 90.9 Å². The van der Waals surface area contributed by atoms with Crippen molar-refractivity contribution < 1.29 is 4.92 Å². The summed E-state index contributed by atoms with van der Waals surface area (Å²) < 4.78 is 1.40. The van der Waals surface area contributed by atoms with Gasteiger partial charge in [-0.3, -0.25) is 24.5 Å². The first-order valence-corrected chi connectivity index (χ1v) is 9.90. The summed E-state index contributed by atoms with van der Waals surface area (Å²) in [4.78, 5) is 33.6. The number of aromatic nitrogens is 3. The summed E-state index contributed by atoms with van der Waals surface area (Å²) >= 11 is 0. The number of hydrogen-bond donors (Lipinski definition) is 0. The number of benzene rings is 3. The summed E-state index contributed by atoms with van der Waals surface area (Å²) in [6.45, 7) is 0. The van der Waals surface area contributed by atoms with Crippen LogP contribution < -0.4 is 5.56 Å². The minimum Gasteiger partial charge on any atom is -0.268 e. The first-order valence-electron chi connectivity index (χ1n) is 9.90. The molecule has 7 heteroatoms. The molecule has 0 bridgehead atoms. The number of nitro groups is 1. The third kappa shape index (κ3) is 3.41. The zero-order valence-electron chi connectivity index (χ0n) is 16.8. The second-order valence-electron chi connectivity index (χ2n) is 7.16. The Bertz CT molecular complexity index is 1570. The number of rotatable bonds is 4. The predicted molar refractivity (Wildman–Crippen MR) is 125 cm³/mol. The first kappa shape index (κ1) is 19.3. The summed E-state index contributed by atoms with van der Waals surface area (Å²) in [6.07, 6.45) is 5.28. The largest absolute Gasteiger partial charge is 0.271 e. The maximum absolute atomic E-state index is 13.6. The molecule has 0 N–H and O–H groups in total. The van der Waals surface area contributed by atoms with Gasteiger partial charge in [0.25, 0.3) is 11.2 Å². The zero-order valence-corrected chi connectivity index (χ0v) is 16.8. The molecule has 0 saturated carbocycles. The first-order chi connectivity index (χ1) is 15.6. The second-order valence-corrected chi connectivity index (χ2v) is 7.16. The Morgan fingerprint density at radius 3 is 2.53 bits per heavy atom. The molecule has 154 valence electrons. The molecule has 0 saturated heterocycles. The molecule has 0 aliphatic rings. The van der Waals surface area contributed by atoms with Gasteiger partial charge in [0.1, 0.15) is 5.82 Å². The molecule has 7 nitrogen and oxygen atoms in total. The fraction of sp³-hybridized carbons (Fsp3) is 0. The van der Waals surface area contributed by atoms with Crippen LogP contribution in [-0.2, 0) is 0 Å². The lowest BCUT2D eigenvalue weighted by Gasteiger charge is -2.12. The Balaban J connectivity index is 1.83. The monoisotopic (exact) mass is 420 g/mol. The van der Waals surface area contributed by atoms with Gasteiger partial charge in [0, 0.05) is 23.7 Å². The zero-order chi connectivity index (χ0) is 22.1. The molecular formula is C25H16N4O3. The molecule has 5 aromatic rings. The molecule has 0 aliphatic carbocycles. The lowest BCUT2D eigenvalue weighted by atomic mass is 10.1. The summed E-state index contributed by atoms with van der Waals surface area (Å²) in [5.74, 6) is 0.364. The summed E-state index contributed by atoms with van der Waals surface area (Å²) in [5, 5.41) is 12.5.